The van der Waals surface area contributed by atoms with Gasteiger partial charge in [-0.3, -0.25) is 0 Å². The molecule has 2 fully saturated rings. The molecule has 27 heavy (non-hydrogen) atoms. The highest BCUT2D eigenvalue weighted by molar-refractivity contribution is 7.99. The number of esters is 2. The van der Waals surface area contributed by atoms with Gasteiger partial charge in [-0.1, -0.05) is 26.2 Å². The van der Waals surface area contributed by atoms with E-state index >= 15 is 0 Å². The molecule has 4 heterocycles. The third-order valence-corrected chi connectivity index (χ3v) is 7.12. The number of fused-ring (bicyclic) bond motifs is 3. The largest absolute Gasteiger partial charge is 0.404 e. The van der Waals surface area contributed by atoms with Gasteiger partial charge in [-0.2, -0.15) is 8.75 Å². The smallest absolute Gasteiger partial charge is 0.335 e. The molecule has 0 N–H and O–H groups in total. The van der Waals surface area contributed by atoms with E-state index in [4.69, 9.17) is 9.47 Å². The fraction of sp³-hybridized carbons (Fsp3) is 0.667. The van der Waals surface area contributed by atoms with Crippen LogP contribution in [-0.4, -0.2) is 50.3 Å². The maximum atomic E-state index is 12.1. The van der Waals surface area contributed by atoms with E-state index in [9.17, 15) is 9.59 Å². The van der Waals surface area contributed by atoms with Crippen LogP contribution in [0.4, 0.5) is 0 Å². The second-order valence-electron chi connectivity index (χ2n) is 7.14. The molecule has 1 spiro atoms. The Kier molecular flexibility index (Phi) is 5.52. The van der Waals surface area contributed by atoms with E-state index in [1.54, 1.807) is 11.8 Å². The molecule has 146 valence electrons. The zero-order valence-electron chi connectivity index (χ0n) is 15.3. The van der Waals surface area contributed by atoms with Crippen molar-refractivity contribution in [3.05, 3.63) is 17.8 Å². The van der Waals surface area contributed by atoms with Crippen molar-refractivity contribution in [1.29, 1.82) is 0 Å². The SMILES string of the molecule is CCCCCCSc1nsnc1C1C2CCN(C2)C12OC(=O)C=CC(=O)O2. The number of thioether (sulfide) groups is 1. The van der Waals surface area contributed by atoms with Gasteiger partial charge in [0.1, 0.15) is 16.6 Å². The summed E-state index contributed by atoms with van der Waals surface area (Å²) in [6.07, 6.45) is 8.02. The summed E-state index contributed by atoms with van der Waals surface area (Å²) >= 11 is 2.86. The van der Waals surface area contributed by atoms with Gasteiger partial charge in [-0.05, 0) is 24.5 Å². The van der Waals surface area contributed by atoms with Crippen molar-refractivity contribution in [2.75, 3.05) is 18.8 Å². The predicted octanol–water partition coefficient (Wildman–Crippen LogP) is 2.94. The molecule has 0 aliphatic carbocycles. The van der Waals surface area contributed by atoms with Gasteiger partial charge in [-0.15, -0.1) is 11.8 Å². The standard InChI is InChI=1S/C18H23N3O4S2/c1-2-3-4-5-10-26-17-16(19-27-20-17)15-12-8-9-21(11-12)18(15)24-13(22)6-7-14(23)25-18/h6-7,12,15H,2-5,8-11H2,1H3. The Balaban J connectivity index is 1.58. The molecule has 3 atom stereocenters. The van der Waals surface area contributed by atoms with E-state index < -0.39 is 17.8 Å². The Bertz CT molecular complexity index is 731. The molecule has 0 radical (unpaired) electrons. The van der Waals surface area contributed by atoms with E-state index in [1.807, 2.05) is 4.90 Å². The molecule has 3 aliphatic heterocycles. The van der Waals surface area contributed by atoms with Crippen LogP contribution in [0.2, 0.25) is 0 Å². The van der Waals surface area contributed by atoms with Crippen molar-refractivity contribution in [3.8, 4) is 0 Å². The number of hydrogen-bond donors (Lipinski definition) is 0. The van der Waals surface area contributed by atoms with Gasteiger partial charge in [0.2, 0.25) is 0 Å². The molecule has 4 rings (SSSR count). The van der Waals surface area contributed by atoms with Crippen molar-refractivity contribution in [2.45, 2.75) is 55.9 Å². The lowest BCUT2D eigenvalue weighted by Gasteiger charge is -2.40. The van der Waals surface area contributed by atoms with Crippen LogP contribution < -0.4 is 0 Å². The highest BCUT2D eigenvalue weighted by Gasteiger charge is 2.65. The lowest BCUT2D eigenvalue weighted by Crippen LogP contribution is -2.55. The molecular weight excluding hydrogens is 386 g/mol. The molecule has 3 unspecified atom stereocenters. The van der Waals surface area contributed by atoms with Crippen LogP contribution in [0.3, 0.4) is 0 Å². The molecule has 1 aromatic rings. The van der Waals surface area contributed by atoms with Gasteiger partial charge in [0.15, 0.2) is 0 Å². The fourth-order valence-electron chi connectivity index (χ4n) is 4.18. The first-order valence-corrected chi connectivity index (χ1v) is 11.2. The Hall–Kier alpha value is -1.45. The second-order valence-corrected chi connectivity index (χ2v) is 8.75. The van der Waals surface area contributed by atoms with Crippen molar-refractivity contribution >= 4 is 35.4 Å². The lowest BCUT2D eigenvalue weighted by molar-refractivity contribution is -0.281. The Morgan fingerprint density at radius 1 is 1.22 bits per heavy atom. The molecule has 7 nitrogen and oxygen atoms in total. The Labute approximate surface area is 166 Å². The molecule has 3 aliphatic rings. The monoisotopic (exact) mass is 409 g/mol. The summed E-state index contributed by atoms with van der Waals surface area (Å²) in [5.41, 5.74) is 0.801. The van der Waals surface area contributed by atoms with Crippen LogP contribution in [0, 0.1) is 5.92 Å². The zero-order chi connectivity index (χ0) is 18.9. The Morgan fingerprint density at radius 2 is 2.00 bits per heavy atom. The van der Waals surface area contributed by atoms with E-state index in [0.717, 1.165) is 54.6 Å². The molecule has 0 aromatic carbocycles. The zero-order valence-corrected chi connectivity index (χ0v) is 16.9. The molecule has 0 amide bonds. The van der Waals surface area contributed by atoms with Gasteiger partial charge in [0.25, 0.3) is 0 Å². The number of nitrogens with zero attached hydrogens (tertiary/aromatic N) is 3. The van der Waals surface area contributed by atoms with Crippen molar-refractivity contribution in [1.82, 2.24) is 13.6 Å². The van der Waals surface area contributed by atoms with Crippen LogP contribution in [0.15, 0.2) is 17.2 Å². The number of piperidine rings is 1. The third-order valence-electron chi connectivity index (χ3n) is 5.39. The van der Waals surface area contributed by atoms with Crippen LogP contribution in [0.5, 0.6) is 0 Å². The summed E-state index contributed by atoms with van der Waals surface area (Å²) in [4.78, 5) is 26.2. The number of carbonyl (C=O) groups excluding carboxylic acids is 2. The minimum Gasteiger partial charge on any atom is -0.404 e. The van der Waals surface area contributed by atoms with Crippen LogP contribution >= 0.6 is 23.5 Å². The van der Waals surface area contributed by atoms with E-state index in [2.05, 4.69) is 15.7 Å². The van der Waals surface area contributed by atoms with Gasteiger partial charge in [-0.25, -0.2) is 14.5 Å². The summed E-state index contributed by atoms with van der Waals surface area (Å²) in [6, 6.07) is 0. The van der Waals surface area contributed by atoms with Crippen LogP contribution in [-0.2, 0) is 19.1 Å². The summed E-state index contributed by atoms with van der Waals surface area (Å²) in [7, 11) is 0. The number of ether oxygens (including phenoxy) is 2. The summed E-state index contributed by atoms with van der Waals surface area (Å²) < 4.78 is 20.4. The fourth-order valence-corrected chi connectivity index (χ4v) is 5.90. The van der Waals surface area contributed by atoms with Gasteiger partial charge in [0, 0.05) is 25.2 Å². The highest BCUT2D eigenvalue weighted by atomic mass is 32.2. The molecule has 0 saturated carbocycles. The average Bonchev–Trinajstić information content (AvgIpc) is 3.33. The van der Waals surface area contributed by atoms with E-state index in [0.29, 0.717) is 0 Å². The number of rotatable bonds is 7. The minimum atomic E-state index is -1.39. The summed E-state index contributed by atoms with van der Waals surface area (Å²) in [5.74, 6) is -1.60. The first kappa shape index (κ1) is 18.9. The summed E-state index contributed by atoms with van der Waals surface area (Å²) in [5, 5.41) is 0.874. The van der Waals surface area contributed by atoms with E-state index in [1.165, 1.54) is 31.0 Å². The van der Waals surface area contributed by atoms with E-state index in [-0.39, 0.29) is 11.8 Å². The second kappa shape index (κ2) is 7.89. The van der Waals surface area contributed by atoms with Gasteiger partial charge in [0.05, 0.1) is 11.7 Å². The Morgan fingerprint density at radius 3 is 2.74 bits per heavy atom. The third kappa shape index (κ3) is 3.52. The molecule has 2 bridgehead atoms. The van der Waals surface area contributed by atoms with Crippen molar-refractivity contribution in [3.63, 3.8) is 0 Å². The minimum absolute atomic E-state index is 0.229. The number of aromatic nitrogens is 2. The number of carbonyl (C=O) groups is 2. The molecular formula is C18H23N3O4S2. The maximum absolute atomic E-state index is 12.1. The first-order chi connectivity index (χ1) is 13.1. The van der Waals surface area contributed by atoms with Crippen LogP contribution in [0.25, 0.3) is 0 Å². The highest BCUT2D eigenvalue weighted by Crippen LogP contribution is 2.54. The maximum Gasteiger partial charge on any atom is 0.335 e. The predicted molar refractivity (Wildman–Crippen MR) is 101 cm³/mol. The van der Waals surface area contributed by atoms with Crippen molar-refractivity contribution < 1.29 is 19.1 Å². The topological polar surface area (TPSA) is 81.6 Å². The average molecular weight is 410 g/mol. The van der Waals surface area contributed by atoms with Crippen LogP contribution in [0.1, 0.15) is 50.6 Å². The number of hydrogen-bond acceptors (Lipinski definition) is 9. The van der Waals surface area contributed by atoms with Gasteiger partial charge < -0.3 is 9.47 Å². The van der Waals surface area contributed by atoms with Gasteiger partial charge >= 0.3 is 17.8 Å². The lowest BCUT2D eigenvalue weighted by atomic mass is 9.86. The molecule has 2 saturated heterocycles. The summed E-state index contributed by atoms with van der Waals surface area (Å²) in [6.45, 7) is 3.66. The molecule has 9 heteroatoms. The molecule has 1 aromatic heterocycles. The quantitative estimate of drug-likeness (QED) is 0.386. The van der Waals surface area contributed by atoms with Crippen molar-refractivity contribution in [2.24, 2.45) is 5.92 Å². The normalized spacial score (nSPS) is 28.4. The number of unbranched alkanes of at least 4 members (excludes halogenated alkanes) is 3. The first-order valence-electron chi connectivity index (χ1n) is 9.48.